The van der Waals surface area contributed by atoms with Crippen molar-refractivity contribution in [2.24, 2.45) is 0 Å². The first kappa shape index (κ1) is 12.3. The van der Waals surface area contributed by atoms with Gasteiger partial charge in [-0.15, -0.1) is 12.4 Å². The number of halogens is 2. The fourth-order valence-electron chi connectivity index (χ4n) is 0.805. The van der Waals surface area contributed by atoms with Gasteiger partial charge in [-0.2, -0.15) is 4.98 Å². The minimum absolute atomic E-state index is 0. The highest BCUT2D eigenvalue weighted by atomic mass is 35.5. The Balaban J connectivity index is 0.00000144. The molecule has 4 nitrogen and oxygen atoms in total. The van der Waals surface area contributed by atoms with Gasteiger partial charge in [0.1, 0.15) is 11.0 Å². The van der Waals surface area contributed by atoms with Crippen LogP contribution in [-0.4, -0.2) is 16.0 Å². The number of hydrogen-bond acceptors (Lipinski definition) is 4. The summed E-state index contributed by atoms with van der Waals surface area (Å²) in [7, 11) is 0. The van der Waals surface area contributed by atoms with Crippen LogP contribution < -0.4 is 11.1 Å². The molecule has 0 saturated heterocycles. The molecule has 1 rings (SSSR count). The number of nitrogens with zero attached hydrogens (tertiary/aromatic N) is 2. The minimum Gasteiger partial charge on any atom is -0.368 e. The zero-order valence-electron chi connectivity index (χ0n) is 7.41. The molecule has 0 aliphatic rings. The average Bonchev–Trinajstić information content (AvgIpc) is 1.81. The highest BCUT2D eigenvalue weighted by Crippen LogP contribution is 2.12. The van der Waals surface area contributed by atoms with E-state index in [1.807, 2.05) is 13.8 Å². The molecule has 3 N–H and O–H groups in total. The summed E-state index contributed by atoms with van der Waals surface area (Å²) in [6.07, 6.45) is 0. The second kappa shape index (κ2) is 5.09. The van der Waals surface area contributed by atoms with Crippen molar-refractivity contribution in [3.05, 3.63) is 11.2 Å². The molecule has 0 aromatic carbocycles. The molecule has 0 fully saturated rings. The molecular weight excluding hydrogens is 211 g/mol. The third-order valence-corrected chi connectivity index (χ3v) is 1.34. The summed E-state index contributed by atoms with van der Waals surface area (Å²) in [4.78, 5) is 7.68. The van der Waals surface area contributed by atoms with Gasteiger partial charge in [0.25, 0.3) is 0 Å². The molecule has 0 aliphatic carbocycles. The molecule has 0 amide bonds. The van der Waals surface area contributed by atoms with E-state index in [1.54, 1.807) is 6.07 Å². The lowest BCUT2D eigenvalue weighted by atomic mass is 10.4. The highest BCUT2D eigenvalue weighted by molar-refractivity contribution is 6.29. The molecule has 0 spiro atoms. The number of nitrogen functional groups attached to an aromatic ring is 1. The Bertz CT molecular complexity index is 257. The Kier molecular flexibility index (Phi) is 4.80. The zero-order chi connectivity index (χ0) is 9.14. The molecule has 74 valence electrons. The van der Waals surface area contributed by atoms with Crippen LogP contribution in [0.15, 0.2) is 6.07 Å². The second-order valence-corrected chi connectivity index (χ2v) is 3.12. The predicted octanol–water partition coefficient (Wildman–Crippen LogP) is 1.95. The Labute approximate surface area is 88.3 Å². The fourth-order valence-corrected chi connectivity index (χ4v) is 0.995. The third-order valence-electron chi connectivity index (χ3n) is 1.15. The molecule has 1 aromatic heterocycles. The van der Waals surface area contributed by atoms with Crippen LogP contribution in [0.2, 0.25) is 5.15 Å². The van der Waals surface area contributed by atoms with Crippen molar-refractivity contribution >= 4 is 35.8 Å². The number of anilines is 2. The third kappa shape index (κ3) is 4.15. The van der Waals surface area contributed by atoms with Crippen LogP contribution >= 0.6 is 24.0 Å². The van der Waals surface area contributed by atoms with Gasteiger partial charge in [-0.1, -0.05) is 11.6 Å². The summed E-state index contributed by atoms with van der Waals surface area (Å²) >= 11 is 5.66. The molecule has 0 radical (unpaired) electrons. The quantitative estimate of drug-likeness (QED) is 0.752. The second-order valence-electron chi connectivity index (χ2n) is 2.73. The van der Waals surface area contributed by atoms with Gasteiger partial charge < -0.3 is 11.1 Å². The van der Waals surface area contributed by atoms with Crippen molar-refractivity contribution in [2.75, 3.05) is 11.1 Å². The van der Waals surface area contributed by atoms with E-state index in [9.17, 15) is 0 Å². The zero-order valence-corrected chi connectivity index (χ0v) is 8.99. The summed E-state index contributed by atoms with van der Waals surface area (Å²) in [6.45, 7) is 4.01. The van der Waals surface area contributed by atoms with Crippen LogP contribution in [-0.2, 0) is 0 Å². The summed E-state index contributed by atoms with van der Waals surface area (Å²) in [5, 5.41) is 3.42. The Morgan fingerprint density at radius 2 is 2.08 bits per heavy atom. The van der Waals surface area contributed by atoms with E-state index < -0.39 is 0 Å². The van der Waals surface area contributed by atoms with E-state index in [2.05, 4.69) is 15.3 Å². The van der Waals surface area contributed by atoms with Gasteiger partial charge in [-0.25, -0.2) is 4.98 Å². The van der Waals surface area contributed by atoms with Crippen LogP contribution in [0.5, 0.6) is 0 Å². The maximum atomic E-state index is 5.66. The van der Waals surface area contributed by atoms with Crippen molar-refractivity contribution in [3.63, 3.8) is 0 Å². The lowest BCUT2D eigenvalue weighted by Gasteiger charge is -2.08. The highest BCUT2D eigenvalue weighted by Gasteiger charge is 2.00. The molecular formula is C7H12Cl2N4. The molecule has 0 bridgehead atoms. The van der Waals surface area contributed by atoms with Crippen LogP contribution in [0.3, 0.4) is 0 Å². The van der Waals surface area contributed by atoms with E-state index in [-0.39, 0.29) is 18.4 Å². The molecule has 0 unspecified atom stereocenters. The first-order valence-electron chi connectivity index (χ1n) is 3.64. The van der Waals surface area contributed by atoms with Crippen LogP contribution in [0.25, 0.3) is 0 Å². The molecule has 0 saturated carbocycles. The van der Waals surface area contributed by atoms with Crippen molar-refractivity contribution in [1.29, 1.82) is 0 Å². The predicted molar refractivity (Wildman–Crippen MR) is 57.5 cm³/mol. The van der Waals surface area contributed by atoms with Crippen molar-refractivity contribution in [3.8, 4) is 0 Å². The molecule has 13 heavy (non-hydrogen) atoms. The molecule has 6 heteroatoms. The van der Waals surface area contributed by atoms with E-state index >= 15 is 0 Å². The van der Waals surface area contributed by atoms with Crippen molar-refractivity contribution < 1.29 is 0 Å². The van der Waals surface area contributed by atoms with E-state index in [1.165, 1.54) is 0 Å². The maximum absolute atomic E-state index is 5.66. The van der Waals surface area contributed by atoms with Crippen LogP contribution in [0.1, 0.15) is 13.8 Å². The molecule has 1 heterocycles. The van der Waals surface area contributed by atoms with Gasteiger partial charge in [0.2, 0.25) is 5.95 Å². The summed E-state index contributed by atoms with van der Waals surface area (Å²) in [5.74, 6) is 0.841. The summed E-state index contributed by atoms with van der Waals surface area (Å²) in [5.41, 5.74) is 5.39. The van der Waals surface area contributed by atoms with Crippen molar-refractivity contribution in [1.82, 2.24) is 9.97 Å². The number of aromatic nitrogens is 2. The Hall–Kier alpha value is -0.740. The SMILES string of the molecule is CC(C)Nc1cc(Cl)nc(N)n1.Cl. The number of nitrogens with one attached hydrogen (secondary N) is 1. The first-order valence-corrected chi connectivity index (χ1v) is 4.02. The normalized spacial score (nSPS) is 9.54. The van der Waals surface area contributed by atoms with Gasteiger partial charge in [-0.3, -0.25) is 0 Å². The monoisotopic (exact) mass is 222 g/mol. The Morgan fingerprint density at radius 1 is 1.46 bits per heavy atom. The van der Waals surface area contributed by atoms with E-state index in [0.29, 0.717) is 17.0 Å². The topological polar surface area (TPSA) is 63.8 Å². The van der Waals surface area contributed by atoms with Crippen molar-refractivity contribution in [2.45, 2.75) is 19.9 Å². The number of hydrogen-bond donors (Lipinski definition) is 2. The Morgan fingerprint density at radius 3 is 2.54 bits per heavy atom. The number of nitrogens with two attached hydrogens (primary N) is 1. The lowest BCUT2D eigenvalue weighted by Crippen LogP contribution is -2.12. The first-order chi connectivity index (χ1) is 5.58. The largest absolute Gasteiger partial charge is 0.368 e. The van der Waals surface area contributed by atoms with Gasteiger partial charge in [0, 0.05) is 12.1 Å². The minimum atomic E-state index is 0. The average molecular weight is 223 g/mol. The summed E-state index contributed by atoms with van der Waals surface area (Å²) < 4.78 is 0. The van der Waals surface area contributed by atoms with Gasteiger partial charge in [0.15, 0.2) is 0 Å². The summed E-state index contributed by atoms with van der Waals surface area (Å²) in [6, 6.07) is 1.94. The fraction of sp³-hybridized carbons (Fsp3) is 0.429. The smallest absolute Gasteiger partial charge is 0.223 e. The van der Waals surface area contributed by atoms with Gasteiger partial charge >= 0.3 is 0 Å². The molecule has 0 atom stereocenters. The van der Waals surface area contributed by atoms with E-state index in [4.69, 9.17) is 17.3 Å². The van der Waals surface area contributed by atoms with Gasteiger partial charge in [-0.05, 0) is 13.8 Å². The standard InChI is InChI=1S/C7H11ClN4.ClH/c1-4(2)10-6-3-5(8)11-7(9)12-6;/h3-4H,1-2H3,(H3,9,10,11,12);1H. The van der Waals surface area contributed by atoms with Crippen LogP contribution in [0, 0.1) is 0 Å². The van der Waals surface area contributed by atoms with Gasteiger partial charge in [0.05, 0.1) is 0 Å². The molecule has 1 aromatic rings. The lowest BCUT2D eigenvalue weighted by molar-refractivity contribution is 0.887. The number of rotatable bonds is 2. The maximum Gasteiger partial charge on any atom is 0.223 e. The van der Waals surface area contributed by atoms with E-state index in [0.717, 1.165) is 0 Å². The molecule has 0 aliphatic heterocycles. The van der Waals surface area contributed by atoms with Crippen LogP contribution in [0.4, 0.5) is 11.8 Å².